The number of hydrogen-bond donors (Lipinski definition) is 3. The van der Waals surface area contributed by atoms with Gasteiger partial charge in [0.2, 0.25) is 5.91 Å². The van der Waals surface area contributed by atoms with E-state index in [2.05, 4.69) is 10.9 Å². The number of carbonyl (C=O) groups excluding carboxylic acids is 2. The predicted octanol–water partition coefficient (Wildman–Crippen LogP) is 0.166. The van der Waals surface area contributed by atoms with E-state index in [0.717, 1.165) is 0 Å². The Kier molecular flexibility index (Phi) is 3.60. The first-order valence-corrected chi connectivity index (χ1v) is 4.41. The molecule has 0 aromatic heterocycles. The highest BCUT2D eigenvalue weighted by Gasteiger charge is 2.07. The molecular formula is C10H10N2O4. The van der Waals surface area contributed by atoms with Gasteiger partial charge in [-0.05, 0) is 24.3 Å². The van der Waals surface area contributed by atoms with E-state index in [1.165, 1.54) is 31.2 Å². The molecule has 1 aromatic rings. The summed E-state index contributed by atoms with van der Waals surface area (Å²) in [6, 6.07) is 5.34. The number of carboxylic acids is 1. The fraction of sp³-hybridized carbons (Fsp3) is 0.100. The summed E-state index contributed by atoms with van der Waals surface area (Å²) in [6.45, 7) is 1.26. The van der Waals surface area contributed by atoms with Crippen LogP contribution in [0.2, 0.25) is 0 Å². The number of rotatable bonds is 2. The molecule has 0 aliphatic carbocycles. The van der Waals surface area contributed by atoms with Crippen LogP contribution in [0.4, 0.5) is 0 Å². The first-order valence-electron chi connectivity index (χ1n) is 4.41. The van der Waals surface area contributed by atoms with Crippen LogP contribution in [0.5, 0.6) is 0 Å². The molecule has 6 heteroatoms. The van der Waals surface area contributed by atoms with Gasteiger partial charge in [-0.1, -0.05) is 0 Å². The Morgan fingerprint density at radius 1 is 1.00 bits per heavy atom. The van der Waals surface area contributed by atoms with E-state index in [0.29, 0.717) is 0 Å². The predicted molar refractivity (Wildman–Crippen MR) is 54.7 cm³/mol. The molecule has 84 valence electrons. The van der Waals surface area contributed by atoms with E-state index < -0.39 is 17.8 Å². The van der Waals surface area contributed by atoms with Gasteiger partial charge in [-0.15, -0.1) is 0 Å². The highest BCUT2D eigenvalue weighted by atomic mass is 16.4. The lowest BCUT2D eigenvalue weighted by Gasteiger charge is -2.04. The molecule has 0 bridgehead atoms. The molecule has 6 nitrogen and oxygen atoms in total. The molecule has 0 aliphatic heterocycles. The Morgan fingerprint density at radius 3 is 1.94 bits per heavy atom. The van der Waals surface area contributed by atoms with E-state index in [1.54, 1.807) is 0 Å². The molecule has 0 atom stereocenters. The van der Waals surface area contributed by atoms with Crippen molar-refractivity contribution in [2.24, 2.45) is 0 Å². The second kappa shape index (κ2) is 4.92. The van der Waals surface area contributed by atoms with E-state index in [9.17, 15) is 14.4 Å². The van der Waals surface area contributed by atoms with Crippen LogP contribution in [0, 0.1) is 0 Å². The maximum Gasteiger partial charge on any atom is 0.335 e. The Labute approximate surface area is 91.2 Å². The van der Waals surface area contributed by atoms with Crippen LogP contribution < -0.4 is 10.9 Å². The minimum atomic E-state index is -1.06. The van der Waals surface area contributed by atoms with Gasteiger partial charge in [0.1, 0.15) is 0 Å². The maximum atomic E-state index is 11.4. The summed E-state index contributed by atoms with van der Waals surface area (Å²) in [6.07, 6.45) is 0. The number of carboxylic acid groups (broad SMARTS) is 1. The van der Waals surface area contributed by atoms with Crippen LogP contribution >= 0.6 is 0 Å². The van der Waals surface area contributed by atoms with Crippen molar-refractivity contribution in [3.8, 4) is 0 Å². The molecular weight excluding hydrogens is 212 g/mol. The van der Waals surface area contributed by atoms with Crippen molar-refractivity contribution < 1.29 is 19.5 Å². The van der Waals surface area contributed by atoms with Crippen LogP contribution in [-0.4, -0.2) is 22.9 Å². The summed E-state index contributed by atoms with van der Waals surface area (Å²) in [5.74, 6) is -1.96. The average molecular weight is 222 g/mol. The summed E-state index contributed by atoms with van der Waals surface area (Å²) in [5.41, 5.74) is 4.64. The van der Waals surface area contributed by atoms with Gasteiger partial charge in [-0.2, -0.15) is 0 Å². The molecule has 0 spiro atoms. The quantitative estimate of drug-likeness (QED) is 0.621. The van der Waals surface area contributed by atoms with Crippen LogP contribution in [0.25, 0.3) is 0 Å². The molecule has 0 heterocycles. The van der Waals surface area contributed by atoms with Crippen LogP contribution in [0.15, 0.2) is 24.3 Å². The summed E-state index contributed by atoms with van der Waals surface area (Å²) < 4.78 is 0. The number of hydrogen-bond acceptors (Lipinski definition) is 3. The fourth-order valence-electron chi connectivity index (χ4n) is 0.981. The fourth-order valence-corrected chi connectivity index (χ4v) is 0.981. The lowest BCUT2D eigenvalue weighted by atomic mass is 10.1. The van der Waals surface area contributed by atoms with Gasteiger partial charge in [0.15, 0.2) is 0 Å². The zero-order chi connectivity index (χ0) is 12.1. The van der Waals surface area contributed by atoms with Gasteiger partial charge in [-0.25, -0.2) is 4.79 Å². The Bertz CT molecular complexity index is 425. The van der Waals surface area contributed by atoms with E-state index in [-0.39, 0.29) is 11.1 Å². The number of hydrazine groups is 1. The van der Waals surface area contributed by atoms with Gasteiger partial charge >= 0.3 is 5.97 Å². The van der Waals surface area contributed by atoms with E-state index in [1.807, 2.05) is 0 Å². The third-order valence-corrected chi connectivity index (χ3v) is 1.75. The zero-order valence-corrected chi connectivity index (χ0v) is 8.48. The second-order valence-corrected chi connectivity index (χ2v) is 3.02. The normalized spacial score (nSPS) is 9.31. The first kappa shape index (κ1) is 11.7. The minimum absolute atomic E-state index is 0.0936. The number of carbonyl (C=O) groups is 3. The topological polar surface area (TPSA) is 95.5 Å². The second-order valence-electron chi connectivity index (χ2n) is 3.02. The number of nitrogens with one attached hydrogen (secondary N) is 2. The van der Waals surface area contributed by atoms with Crippen molar-refractivity contribution >= 4 is 17.8 Å². The standard InChI is InChI=1S/C10H10N2O4/c1-6(13)11-12-9(14)7-2-4-8(5-3-7)10(15)16/h2-5H,1H3,(H,11,13)(H,12,14)(H,15,16). The first-order chi connectivity index (χ1) is 7.50. The highest BCUT2D eigenvalue weighted by Crippen LogP contribution is 2.03. The van der Waals surface area contributed by atoms with Crippen molar-refractivity contribution in [1.29, 1.82) is 0 Å². The summed E-state index contributed by atoms with van der Waals surface area (Å²) in [7, 11) is 0. The molecule has 1 rings (SSSR count). The van der Waals surface area contributed by atoms with E-state index >= 15 is 0 Å². The van der Waals surface area contributed by atoms with Crippen molar-refractivity contribution in [3.05, 3.63) is 35.4 Å². The summed E-state index contributed by atoms with van der Waals surface area (Å²) in [4.78, 5) is 32.4. The third-order valence-electron chi connectivity index (χ3n) is 1.75. The zero-order valence-electron chi connectivity index (χ0n) is 8.48. The van der Waals surface area contributed by atoms with Gasteiger partial charge < -0.3 is 5.11 Å². The van der Waals surface area contributed by atoms with Crippen molar-refractivity contribution in [3.63, 3.8) is 0 Å². The molecule has 16 heavy (non-hydrogen) atoms. The molecule has 0 aliphatic rings. The molecule has 0 saturated heterocycles. The van der Waals surface area contributed by atoms with Crippen LogP contribution in [0.1, 0.15) is 27.6 Å². The number of benzene rings is 1. The number of aromatic carboxylic acids is 1. The summed E-state index contributed by atoms with van der Waals surface area (Å²) >= 11 is 0. The molecule has 3 N–H and O–H groups in total. The van der Waals surface area contributed by atoms with Crippen molar-refractivity contribution in [1.82, 2.24) is 10.9 Å². The lowest BCUT2D eigenvalue weighted by Crippen LogP contribution is -2.40. The lowest BCUT2D eigenvalue weighted by molar-refractivity contribution is -0.119. The SMILES string of the molecule is CC(=O)NNC(=O)c1ccc(C(=O)O)cc1. The Balaban J connectivity index is 2.70. The maximum absolute atomic E-state index is 11.4. The molecule has 2 amide bonds. The summed E-state index contributed by atoms with van der Waals surface area (Å²) in [5, 5.41) is 8.63. The van der Waals surface area contributed by atoms with Crippen molar-refractivity contribution in [2.75, 3.05) is 0 Å². The Hall–Kier alpha value is -2.37. The smallest absolute Gasteiger partial charge is 0.335 e. The Morgan fingerprint density at radius 2 is 1.50 bits per heavy atom. The molecule has 0 saturated carbocycles. The monoisotopic (exact) mass is 222 g/mol. The van der Waals surface area contributed by atoms with Gasteiger partial charge in [0.05, 0.1) is 5.56 Å². The minimum Gasteiger partial charge on any atom is -0.478 e. The molecule has 0 radical (unpaired) electrons. The molecule has 0 fully saturated rings. The van der Waals surface area contributed by atoms with Gasteiger partial charge in [0.25, 0.3) is 5.91 Å². The molecule has 0 unspecified atom stereocenters. The van der Waals surface area contributed by atoms with Gasteiger partial charge in [0, 0.05) is 12.5 Å². The molecule has 1 aromatic carbocycles. The van der Waals surface area contributed by atoms with Crippen LogP contribution in [0.3, 0.4) is 0 Å². The number of amides is 2. The van der Waals surface area contributed by atoms with Crippen molar-refractivity contribution in [2.45, 2.75) is 6.92 Å². The van der Waals surface area contributed by atoms with E-state index in [4.69, 9.17) is 5.11 Å². The largest absolute Gasteiger partial charge is 0.478 e. The highest BCUT2D eigenvalue weighted by molar-refractivity contribution is 5.96. The third kappa shape index (κ3) is 3.09. The van der Waals surface area contributed by atoms with Gasteiger partial charge in [-0.3, -0.25) is 20.4 Å². The van der Waals surface area contributed by atoms with Crippen LogP contribution in [-0.2, 0) is 4.79 Å². The average Bonchev–Trinajstić information content (AvgIpc) is 2.26.